The SMILES string of the molecule is CN(C)c1cc2c(cc1Cl)N(CCOS(C)(=O)=O)CC(C(=O)N1CCC(C#N)(Cc3ccc(F)cc3)CC1)O2. The Morgan fingerprint density at radius 2 is 1.92 bits per heavy atom. The Balaban J connectivity index is 1.49. The molecule has 1 saturated heterocycles. The molecule has 1 unspecified atom stereocenters. The molecule has 0 bridgehead atoms. The zero-order chi connectivity index (χ0) is 28.4. The third-order valence-corrected chi connectivity index (χ3v) is 8.06. The predicted octanol–water partition coefficient (Wildman–Crippen LogP) is 3.46. The van der Waals surface area contributed by atoms with E-state index in [-0.39, 0.29) is 31.4 Å². The van der Waals surface area contributed by atoms with E-state index in [0.29, 0.717) is 54.5 Å². The molecule has 1 fully saturated rings. The van der Waals surface area contributed by atoms with Crippen LogP contribution in [0, 0.1) is 22.6 Å². The number of nitrogens with zero attached hydrogens (tertiary/aromatic N) is 4. The summed E-state index contributed by atoms with van der Waals surface area (Å²) in [6.07, 6.45) is 1.62. The molecule has 0 aromatic heterocycles. The maximum Gasteiger partial charge on any atom is 0.265 e. The Labute approximate surface area is 233 Å². The molecule has 0 aliphatic carbocycles. The zero-order valence-corrected chi connectivity index (χ0v) is 23.8. The minimum Gasteiger partial charge on any atom is -0.476 e. The highest BCUT2D eigenvalue weighted by molar-refractivity contribution is 7.85. The van der Waals surface area contributed by atoms with Crippen LogP contribution >= 0.6 is 11.6 Å². The van der Waals surface area contributed by atoms with Gasteiger partial charge in [-0.1, -0.05) is 23.7 Å². The Bertz CT molecular complexity index is 1360. The number of fused-ring (bicyclic) bond motifs is 1. The second kappa shape index (κ2) is 11.6. The van der Waals surface area contributed by atoms with Crippen molar-refractivity contribution in [1.82, 2.24) is 4.90 Å². The predicted molar refractivity (Wildman–Crippen MR) is 147 cm³/mol. The van der Waals surface area contributed by atoms with Gasteiger partial charge in [0.1, 0.15) is 11.6 Å². The molecule has 0 N–H and O–H groups in total. The zero-order valence-electron chi connectivity index (χ0n) is 22.2. The van der Waals surface area contributed by atoms with E-state index in [0.717, 1.165) is 11.8 Å². The topological polar surface area (TPSA) is 103 Å². The molecule has 12 heteroatoms. The summed E-state index contributed by atoms with van der Waals surface area (Å²) in [5.41, 5.74) is 1.61. The molecular formula is C27H32ClFN4O5S. The van der Waals surface area contributed by atoms with Crippen molar-refractivity contribution >= 4 is 39.0 Å². The van der Waals surface area contributed by atoms with E-state index >= 15 is 0 Å². The molecule has 0 radical (unpaired) electrons. The monoisotopic (exact) mass is 578 g/mol. The lowest BCUT2D eigenvalue weighted by Gasteiger charge is -2.41. The number of hydrogen-bond acceptors (Lipinski definition) is 8. The van der Waals surface area contributed by atoms with E-state index in [1.165, 1.54) is 12.1 Å². The second-order valence-corrected chi connectivity index (χ2v) is 12.3. The number of halogens is 2. The Kier molecular flexibility index (Phi) is 8.59. The van der Waals surface area contributed by atoms with Gasteiger partial charge in [0, 0.05) is 39.8 Å². The molecule has 210 valence electrons. The van der Waals surface area contributed by atoms with Gasteiger partial charge in [0.15, 0.2) is 6.10 Å². The Morgan fingerprint density at radius 3 is 2.51 bits per heavy atom. The van der Waals surface area contributed by atoms with Crippen molar-refractivity contribution < 1.29 is 26.5 Å². The Morgan fingerprint density at radius 1 is 1.26 bits per heavy atom. The molecule has 1 amide bonds. The van der Waals surface area contributed by atoms with Gasteiger partial charge in [-0.25, -0.2) is 4.39 Å². The molecule has 0 saturated carbocycles. The van der Waals surface area contributed by atoms with Crippen molar-refractivity contribution in [2.45, 2.75) is 25.4 Å². The van der Waals surface area contributed by atoms with Crippen LogP contribution in [0.5, 0.6) is 5.75 Å². The summed E-state index contributed by atoms with van der Waals surface area (Å²) in [6.45, 7) is 1.08. The number of carbonyl (C=O) groups is 1. The molecule has 2 heterocycles. The average Bonchev–Trinajstić information content (AvgIpc) is 2.89. The summed E-state index contributed by atoms with van der Waals surface area (Å²) in [7, 11) is 0.0657. The molecule has 2 aromatic carbocycles. The molecule has 0 spiro atoms. The summed E-state index contributed by atoms with van der Waals surface area (Å²) in [4.78, 5) is 19.0. The van der Waals surface area contributed by atoms with Gasteiger partial charge in [-0.2, -0.15) is 13.7 Å². The molecule has 2 aliphatic heterocycles. The summed E-state index contributed by atoms with van der Waals surface area (Å²) in [6, 6.07) is 12.1. The van der Waals surface area contributed by atoms with E-state index in [2.05, 4.69) is 6.07 Å². The quantitative estimate of drug-likeness (QED) is 0.439. The third-order valence-electron chi connectivity index (χ3n) is 7.17. The fraction of sp³-hybridized carbons (Fsp3) is 0.481. The van der Waals surface area contributed by atoms with Crippen molar-refractivity contribution in [3.8, 4) is 11.8 Å². The van der Waals surface area contributed by atoms with E-state index in [1.54, 1.807) is 29.2 Å². The van der Waals surface area contributed by atoms with Gasteiger partial charge in [0.05, 0.1) is 47.3 Å². The van der Waals surface area contributed by atoms with Crippen LogP contribution in [0.2, 0.25) is 5.02 Å². The minimum absolute atomic E-state index is 0.0932. The van der Waals surface area contributed by atoms with Crippen LogP contribution in [0.15, 0.2) is 36.4 Å². The number of carbonyl (C=O) groups excluding carboxylic acids is 1. The van der Waals surface area contributed by atoms with Crippen LogP contribution in [-0.4, -0.2) is 78.5 Å². The van der Waals surface area contributed by atoms with Crippen LogP contribution in [0.25, 0.3) is 0 Å². The number of ether oxygens (including phenoxy) is 1. The first kappa shape index (κ1) is 28.9. The van der Waals surface area contributed by atoms with Gasteiger partial charge in [-0.15, -0.1) is 0 Å². The standard InChI is InChI=1S/C27H32ClFN4O5S/c1-31(2)22-15-24-23(14-21(22)28)33(12-13-37-39(3,35)36)17-25(38-24)26(34)32-10-8-27(18-30,9-11-32)16-19-4-6-20(29)7-5-19/h4-7,14-15,25H,8-13,16-17H2,1-3H3. The van der Waals surface area contributed by atoms with Crippen molar-refractivity contribution in [3.05, 3.63) is 52.8 Å². The largest absolute Gasteiger partial charge is 0.476 e. The van der Waals surface area contributed by atoms with Crippen LogP contribution < -0.4 is 14.5 Å². The van der Waals surface area contributed by atoms with Gasteiger partial charge >= 0.3 is 0 Å². The molecule has 4 rings (SSSR count). The first-order chi connectivity index (χ1) is 18.4. The van der Waals surface area contributed by atoms with E-state index in [1.807, 2.05) is 23.9 Å². The van der Waals surface area contributed by atoms with E-state index < -0.39 is 21.6 Å². The van der Waals surface area contributed by atoms with Crippen LogP contribution in [0.4, 0.5) is 15.8 Å². The maximum absolute atomic E-state index is 13.6. The first-order valence-corrected chi connectivity index (χ1v) is 14.8. The summed E-state index contributed by atoms with van der Waals surface area (Å²) in [5, 5.41) is 10.5. The fourth-order valence-electron chi connectivity index (χ4n) is 5.02. The third kappa shape index (κ3) is 6.93. The molecular weight excluding hydrogens is 547 g/mol. The highest BCUT2D eigenvalue weighted by Gasteiger charge is 2.40. The highest BCUT2D eigenvalue weighted by Crippen LogP contribution is 2.41. The van der Waals surface area contributed by atoms with Crippen molar-refractivity contribution in [3.63, 3.8) is 0 Å². The van der Waals surface area contributed by atoms with Gasteiger partial charge in [-0.3, -0.25) is 8.98 Å². The van der Waals surface area contributed by atoms with Gasteiger partial charge < -0.3 is 19.4 Å². The van der Waals surface area contributed by atoms with Crippen LogP contribution in [0.1, 0.15) is 18.4 Å². The summed E-state index contributed by atoms with van der Waals surface area (Å²) < 4.78 is 47.4. The minimum atomic E-state index is -3.62. The van der Waals surface area contributed by atoms with Crippen molar-refractivity contribution in [2.24, 2.45) is 5.41 Å². The number of nitriles is 1. The number of benzene rings is 2. The number of rotatable bonds is 8. The summed E-state index contributed by atoms with van der Waals surface area (Å²) >= 11 is 6.48. The average molecular weight is 579 g/mol. The lowest BCUT2D eigenvalue weighted by atomic mass is 9.75. The number of anilines is 2. The lowest BCUT2D eigenvalue weighted by molar-refractivity contribution is -0.140. The van der Waals surface area contributed by atoms with Crippen LogP contribution in [-0.2, 0) is 25.5 Å². The molecule has 9 nitrogen and oxygen atoms in total. The van der Waals surface area contributed by atoms with E-state index in [4.69, 9.17) is 20.5 Å². The Hall–Kier alpha value is -3.07. The van der Waals surface area contributed by atoms with Crippen molar-refractivity contribution in [2.75, 3.05) is 62.9 Å². The molecule has 1 atom stereocenters. The van der Waals surface area contributed by atoms with Gasteiger partial charge in [0.2, 0.25) is 0 Å². The first-order valence-electron chi connectivity index (χ1n) is 12.6. The maximum atomic E-state index is 13.6. The number of piperidine rings is 1. The number of amides is 1. The van der Waals surface area contributed by atoms with Gasteiger partial charge in [-0.05, 0) is 43.0 Å². The molecule has 39 heavy (non-hydrogen) atoms. The smallest absolute Gasteiger partial charge is 0.265 e. The van der Waals surface area contributed by atoms with Crippen LogP contribution in [0.3, 0.4) is 0 Å². The number of likely N-dealkylation sites (tertiary alicyclic amines) is 1. The number of hydrogen-bond donors (Lipinski definition) is 0. The van der Waals surface area contributed by atoms with Gasteiger partial charge in [0.25, 0.3) is 16.0 Å². The second-order valence-electron chi connectivity index (χ2n) is 10.3. The van der Waals surface area contributed by atoms with Crippen molar-refractivity contribution in [1.29, 1.82) is 5.26 Å². The molecule has 2 aromatic rings. The molecule has 2 aliphatic rings. The lowest BCUT2D eigenvalue weighted by Crippen LogP contribution is -2.53. The highest BCUT2D eigenvalue weighted by atomic mass is 35.5. The fourth-order valence-corrected chi connectivity index (χ4v) is 5.73. The summed E-state index contributed by atoms with van der Waals surface area (Å²) in [5.74, 6) is -0.0627. The van der Waals surface area contributed by atoms with E-state index in [9.17, 15) is 22.9 Å². The normalized spacial score (nSPS) is 18.6.